The normalized spacial score (nSPS) is 14.2. The van der Waals surface area contributed by atoms with Gasteiger partial charge in [-0.25, -0.2) is 0 Å². The fourth-order valence-corrected chi connectivity index (χ4v) is 3.08. The van der Waals surface area contributed by atoms with E-state index in [4.69, 9.17) is 14.6 Å². The number of carboxylic acid groups (broad SMARTS) is 1. The van der Waals surface area contributed by atoms with Crippen LogP contribution in [0.2, 0.25) is 0 Å². The molecule has 0 amide bonds. The lowest BCUT2D eigenvalue weighted by Crippen LogP contribution is -2.35. The van der Waals surface area contributed by atoms with Crippen LogP contribution in [0.25, 0.3) is 0 Å². The average Bonchev–Trinajstić information content (AvgIpc) is 2.69. The molecule has 1 unspecified atom stereocenters. The standard InChI is InChI=1S/C21H26N2O4/c1-2-18(21(24)25)22-15-16-7-9-17(10-8-16)26-13-11-23-12-14-27-20-6-4-3-5-19(20)23/h3-10,18,22H,2,11-15H2,1H3,(H,24,25). The summed E-state index contributed by atoms with van der Waals surface area (Å²) >= 11 is 0. The van der Waals surface area contributed by atoms with Gasteiger partial charge in [-0.2, -0.15) is 0 Å². The Labute approximate surface area is 159 Å². The monoisotopic (exact) mass is 370 g/mol. The second-order valence-electron chi connectivity index (χ2n) is 6.48. The van der Waals surface area contributed by atoms with Gasteiger partial charge in [0.25, 0.3) is 0 Å². The summed E-state index contributed by atoms with van der Waals surface area (Å²) in [6.07, 6.45) is 0.557. The molecule has 0 radical (unpaired) electrons. The lowest BCUT2D eigenvalue weighted by atomic mass is 10.2. The Morgan fingerprint density at radius 3 is 2.78 bits per heavy atom. The van der Waals surface area contributed by atoms with Gasteiger partial charge in [0.2, 0.25) is 0 Å². The van der Waals surface area contributed by atoms with Gasteiger partial charge in [0, 0.05) is 6.54 Å². The molecule has 0 aliphatic carbocycles. The van der Waals surface area contributed by atoms with Crippen molar-refractivity contribution >= 4 is 11.7 Å². The molecule has 2 N–H and O–H groups in total. The number of nitrogens with zero attached hydrogens (tertiary/aromatic N) is 1. The number of ether oxygens (including phenoxy) is 2. The zero-order valence-electron chi connectivity index (χ0n) is 15.6. The molecule has 6 heteroatoms. The Morgan fingerprint density at radius 1 is 1.26 bits per heavy atom. The highest BCUT2D eigenvalue weighted by atomic mass is 16.5. The van der Waals surface area contributed by atoms with E-state index in [0.717, 1.165) is 35.8 Å². The minimum Gasteiger partial charge on any atom is -0.492 e. The minimum atomic E-state index is -0.817. The van der Waals surface area contributed by atoms with Crippen molar-refractivity contribution in [3.05, 3.63) is 54.1 Å². The third kappa shape index (κ3) is 5.14. The van der Waals surface area contributed by atoms with Gasteiger partial charge in [-0.05, 0) is 36.2 Å². The van der Waals surface area contributed by atoms with E-state index in [1.54, 1.807) is 0 Å². The zero-order valence-corrected chi connectivity index (χ0v) is 15.6. The van der Waals surface area contributed by atoms with Crippen LogP contribution in [0.5, 0.6) is 11.5 Å². The Hall–Kier alpha value is -2.73. The van der Waals surface area contributed by atoms with Gasteiger partial charge in [-0.1, -0.05) is 31.2 Å². The predicted molar refractivity (Wildman–Crippen MR) is 105 cm³/mol. The molecule has 0 aromatic heterocycles. The molecular weight excluding hydrogens is 344 g/mol. The first-order valence-corrected chi connectivity index (χ1v) is 9.32. The van der Waals surface area contributed by atoms with E-state index in [9.17, 15) is 4.79 Å². The van der Waals surface area contributed by atoms with E-state index >= 15 is 0 Å². The summed E-state index contributed by atoms with van der Waals surface area (Å²) in [5.74, 6) is 0.917. The van der Waals surface area contributed by atoms with Crippen LogP contribution in [-0.4, -0.2) is 43.4 Å². The van der Waals surface area contributed by atoms with Gasteiger partial charge in [0.05, 0.1) is 18.8 Å². The molecule has 0 spiro atoms. The molecule has 0 saturated heterocycles. The molecule has 6 nitrogen and oxygen atoms in total. The Bertz CT molecular complexity index is 748. The summed E-state index contributed by atoms with van der Waals surface area (Å²) in [6, 6.07) is 15.3. The number of hydrogen-bond acceptors (Lipinski definition) is 5. The number of hydrogen-bond donors (Lipinski definition) is 2. The first-order chi connectivity index (χ1) is 13.2. The SMILES string of the molecule is CCC(NCc1ccc(OCCN2CCOc3ccccc32)cc1)C(=O)O. The lowest BCUT2D eigenvalue weighted by molar-refractivity contribution is -0.139. The molecule has 1 aliphatic rings. The van der Waals surface area contributed by atoms with E-state index in [0.29, 0.717) is 26.2 Å². The maximum Gasteiger partial charge on any atom is 0.320 e. The number of anilines is 1. The third-order valence-electron chi connectivity index (χ3n) is 4.64. The van der Waals surface area contributed by atoms with Gasteiger partial charge >= 0.3 is 5.97 Å². The molecule has 0 bridgehead atoms. The van der Waals surface area contributed by atoms with Gasteiger partial charge in [-0.15, -0.1) is 0 Å². The molecule has 2 aromatic carbocycles. The van der Waals surface area contributed by atoms with Crippen LogP contribution < -0.4 is 19.7 Å². The van der Waals surface area contributed by atoms with Crippen LogP contribution in [0.4, 0.5) is 5.69 Å². The molecule has 1 heterocycles. The number of carbonyl (C=O) groups is 1. The largest absolute Gasteiger partial charge is 0.492 e. The zero-order chi connectivity index (χ0) is 19.1. The van der Waals surface area contributed by atoms with Crippen molar-refractivity contribution in [2.45, 2.75) is 25.9 Å². The highest BCUT2D eigenvalue weighted by Gasteiger charge is 2.17. The maximum absolute atomic E-state index is 11.0. The quantitative estimate of drug-likeness (QED) is 0.707. The molecule has 3 rings (SSSR count). The van der Waals surface area contributed by atoms with Crippen molar-refractivity contribution in [2.75, 3.05) is 31.2 Å². The van der Waals surface area contributed by atoms with Crippen molar-refractivity contribution in [3.63, 3.8) is 0 Å². The number of nitrogens with one attached hydrogen (secondary N) is 1. The highest BCUT2D eigenvalue weighted by Crippen LogP contribution is 2.30. The third-order valence-corrected chi connectivity index (χ3v) is 4.64. The van der Waals surface area contributed by atoms with Crippen molar-refractivity contribution < 1.29 is 19.4 Å². The van der Waals surface area contributed by atoms with E-state index in [1.165, 1.54) is 0 Å². The Morgan fingerprint density at radius 2 is 2.04 bits per heavy atom. The molecule has 0 saturated carbocycles. The second-order valence-corrected chi connectivity index (χ2v) is 6.48. The average molecular weight is 370 g/mol. The second kappa shape index (κ2) is 9.28. The van der Waals surface area contributed by atoms with Gasteiger partial charge in [-0.3, -0.25) is 4.79 Å². The van der Waals surface area contributed by atoms with Crippen LogP contribution in [0.3, 0.4) is 0 Å². The van der Waals surface area contributed by atoms with Crippen LogP contribution in [-0.2, 0) is 11.3 Å². The summed E-state index contributed by atoms with van der Waals surface area (Å²) < 4.78 is 11.5. The molecular formula is C21H26N2O4. The van der Waals surface area contributed by atoms with Crippen LogP contribution in [0.1, 0.15) is 18.9 Å². The van der Waals surface area contributed by atoms with E-state index < -0.39 is 12.0 Å². The van der Waals surface area contributed by atoms with E-state index in [-0.39, 0.29) is 0 Å². The smallest absolute Gasteiger partial charge is 0.320 e. The molecule has 2 aromatic rings. The fraction of sp³-hybridized carbons (Fsp3) is 0.381. The summed E-state index contributed by atoms with van der Waals surface area (Å²) in [5.41, 5.74) is 2.14. The Kier molecular flexibility index (Phi) is 6.54. The van der Waals surface area contributed by atoms with Gasteiger partial charge < -0.3 is 24.8 Å². The fourth-order valence-electron chi connectivity index (χ4n) is 3.08. The number of para-hydroxylation sites is 2. The summed E-state index contributed by atoms with van der Waals surface area (Å²) in [5, 5.41) is 12.1. The van der Waals surface area contributed by atoms with E-state index in [2.05, 4.69) is 16.3 Å². The van der Waals surface area contributed by atoms with Crippen LogP contribution in [0, 0.1) is 0 Å². The van der Waals surface area contributed by atoms with Crippen molar-refractivity contribution in [3.8, 4) is 11.5 Å². The minimum absolute atomic E-state index is 0.516. The van der Waals surface area contributed by atoms with Gasteiger partial charge in [0.1, 0.15) is 30.8 Å². The number of aliphatic carboxylic acids is 1. The number of benzene rings is 2. The molecule has 1 aliphatic heterocycles. The number of carboxylic acids is 1. The van der Waals surface area contributed by atoms with Gasteiger partial charge in [0.15, 0.2) is 0 Å². The molecule has 27 heavy (non-hydrogen) atoms. The molecule has 1 atom stereocenters. The number of rotatable bonds is 9. The molecule has 144 valence electrons. The van der Waals surface area contributed by atoms with Crippen molar-refractivity contribution in [2.24, 2.45) is 0 Å². The molecule has 0 fully saturated rings. The van der Waals surface area contributed by atoms with E-state index in [1.807, 2.05) is 49.4 Å². The topological polar surface area (TPSA) is 71.0 Å². The Balaban J connectivity index is 1.46. The first-order valence-electron chi connectivity index (χ1n) is 9.32. The predicted octanol–water partition coefficient (Wildman–Crippen LogP) is 2.92. The highest BCUT2D eigenvalue weighted by molar-refractivity contribution is 5.73. The summed E-state index contributed by atoms with van der Waals surface area (Å²) in [6.45, 7) is 5.30. The first kappa shape index (κ1) is 19.0. The van der Waals surface area contributed by atoms with Crippen LogP contribution in [0.15, 0.2) is 48.5 Å². The maximum atomic E-state index is 11.0. The lowest BCUT2D eigenvalue weighted by Gasteiger charge is -2.31. The van der Waals surface area contributed by atoms with Crippen molar-refractivity contribution in [1.29, 1.82) is 0 Å². The number of fused-ring (bicyclic) bond motifs is 1. The summed E-state index contributed by atoms with van der Waals surface area (Å²) in [7, 11) is 0. The van der Waals surface area contributed by atoms with Crippen molar-refractivity contribution in [1.82, 2.24) is 5.32 Å². The van der Waals surface area contributed by atoms with Crippen LogP contribution >= 0.6 is 0 Å². The summed E-state index contributed by atoms with van der Waals surface area (Å²) in [4.78, 5) is 13.3.